The zero-order valence-electron chi connectivity index (χ0n) is 14.5. The number of hydrogen-bond acceptors (Lipinski definition) is 5. The Labute approximate surface area is 187 Å². The number of amides is 1. The van der Waals surface area contributed by atoms with Gasteiger partial charge < -0.3 is 15.4 Å². The Kier molecular flexibility index (Phi) is 6.78. The monoisotopic (exact) mass is 520 g/mol. The van der Waals surface area contributed by atoms with Gasteiger partial charge in [0.2, 0.25) is 5.91 Å². The van der Waals surface area contributed by atoms with Crippen molar-refractivity contribution >= 4 is 68.3 Å². The lowest BCUT2D eigenvalue weighted by Gasteiger charge is -2.04. The second-order valence-electron chi connectivity index (χ2n) is 5.89. The predicted molar refractivity (Wildman–Crippen MR) is 113 cm³/mol. The van der Waals surface area contributed by atoms with Gasteiger partial charge in [-0.2, -0.15) is 9.78 Å². The Balaban J connectivity index is 1.60. The van der Waals surface area contributed by atoms with E-state index in [9.17, 15) is 14.9 Å². The molecule has 2 heterocycles. The fraction of sp³-hybridized carbons (Fsp3) is 0.188. The Morgan fingerprint density at radius 1 is 1.14 bits per heavy atom. The van der Waals surface area contributed by atoms with E-state index in [1.54, 1.807) is 23.0 Å². The first-order valence-electron chi connectivity index (χ1n) is 8.07. The van der Waals surface area contributed by atoms with Crippen LogP contribution in [0.3, 0.4) is 0 Å². The Hall–Kier alpha value is -2.14. The lowest BCUT2D eigenvalue weighted by atomic mass is 10.2. The Morgan fingerprint density at radius 3 is 2.55 bits per heavy atom. The Morgan fingerprint density at radius 2 is 1.90 bits per heavy atom. The summed E-state index contributed by atoms with van der Waals surface area (Å²) in [4.78, 5) is 22.4. The van der Waals surface area contributed by atoms with Gasteiger partial charge in [0.25, 0.3) is 0 Å². The average molecular weight is 523 g/mol. The number of anilines is 1. The zero-order chi connectivity index (χ0) is 21.1. The average Bonchev–Trinajstić information content (AvgIpc) is 3.19. The van der Waals surface area contributed by atoms with E-state index in [0.717, 1.165) is 5.56 Å². The van der Waals surface area contributed by atoms with Gasteiger partial charge in [-0.15, -0.1) is 0 Å². The quantitative estimate of drug-likeness (QED) is 0.355. The van der Waals surface area contributed by atoms with Crippen LogP contribution in [-0.2, 0) is 17.9 Å². The molecule has 0 unspecified atom stereocenters. The molecule has 9 nitrogen and oxygen atoms in total. The minimum atomic E-state index is -0.610. The van der Waals surface area contributed by atoms with Crippen LogP contribution in [0.2, 0.25) is 15.1 Å². The third-order valence-electron chi connectivity index (χ3n) is 3.74. The molecule has 3 aromatic rings. The van der Waals surface area contributed by atoms with E-state index >= 15 is 0 Å². The third kappa shape index (κ3) is 5.47. The number of benzene rings is 1. The molecule has 0 fully saturated rings. The standard InChI is InChI=1S/C16H12BrCl3N6O3/c17-10-7-24(23-16(10)26(28)29)4-3-14(27)21-15-13(20)8-25(22-15)6-9-1-2-11(18)12(19)5-9/h1-2,5,7-8H,3-4,6H2,(H,21,22,27). The smallest absolute Gasteiger partial charge is 0.358 e. The van der Waals surface area contributed by atoms with Crippen molar-refractivity contribution in [3.8, 4) is 0 Å². The van der Waals surface area contributed by atoms with E-state index in [4.69, 9.17) is 34.8 Å². The molecule has 0 aliphatic carbocycles. The van der Waals surface area contributed by atoms with Crippen LogP contribution in [0.15, 0.2) is 35.1 Å². The molecule has 0 atom stereocenters. The van der Waals surface area contributed by atoms with E-state index in [1.807, 2.05) is 6.07 Å². The molecular weight excluding hydrogens is 510 g/mol. The van der Waals surface area contributed by atoms with Crippen molar-refractivity contribution in [2.45, 2.75) is 19.5 Å². The number of nitro groups is 1. The summed E-state index contributed by atoms with van der Waals surface area (Å²) in [6, 6.07) is 5.22. The number of aryl methyl sites for hydroxylation is 1. The van der Waals surface area contributed by atoms with Crippen LogP contribution in [0.25, 0.3) is 0 Å². The van der Waals surface area contributed by atoms with Gasteiger partial charge in [0, 0.05) is 12.6 Å². The molecule has 0 spiro atoms. The van der Waals surface area contributed by atoms with E-state index in [2.05, 4.69) is 31.4 Å². The molecule has 1 N–H and O–H groups in total. The van der Waals surface area contributed by atoms with Crippen LogP contribution in [0, 0.1) is 10.1 Å². The van der Waals surface area contributed by atoms with Crippen LogP contribution < -0.4 is 5.32 Å². The van der Waals surface area contributed by atoms with Gasteiger partial charge >= 0.3 is 5.82 Å². The maximum absolute atomic E-state index is 12.2. The number of carbonyl (C=O) groups excluding carboxylic acids is 1. The fourth-order valence-electron chi connectivity index (χ4n) is 2.42. The van der Waals surface area contributed by atoms with Crippen molar-refractivity contribution in [1.29, 1.82) is 0 Å². The molecule has 1 aromatic carbocycles. The molecule has 1 amide bonds. The fourth-order valence-corrected chi connectivity index (χ4v) is 3.40. The van der Waals surface area contributed by atoms with Crippen molar-refractivity contribution in [2.75, 3.05) is 5.32 Å². The molecule has 0 bridgehead atoms. The lowest BCUT2D eigenvalue weighted by molar-refractivity contribution is -0.390. The number of hydrogen-bond donors (Lipinski definition) is 1. The normalized spacial score (nSPS) is 10.9. The zero-order valence-corrected chi connectivity index (χ0v) is 18.3. The highest BCUT2D eigenvalue weighted by atomic mass is 79.9. The van der Waals surface area contributed by atoms with Gasteiger partial charge in [0.05, 0.1) is 34.4 Å². The summed E-state index contributed by atoms with van der Waals surface area (Å²) >= 11 is 21.1. The largest absolute Gasteiger partial charge is 0.404 e. The maximum Gasteiger partial charge on any atom is 0.404 e. The number of nitrogens with zero attached hydrogens (tertiary/aromatic N) is 5. The third-order valence-corrected chi connectivity index (χ3v) is 5.32. The molecule has 0 aliphatic heterocycles. The molecule has 0 radical (unpaired) electrons. The Bertz CT molecular complexity index is 1080. The van der Waals surface area contributed by atoms with Gasteiger partial charge in [-0.25, -0.2) is 0 Å². The van der Waals surface area contributed by atoms with E-state index < -0.39 is 4.92 Å². The van der Waals surface area contributed by atoms with Crippen molar-refractivity contribution in [1.82, 2.24) is 19.6 Å². The second-order valence-corrected chi connectivity index (χ2v) is 7.97. The molecule has 2 aromatic heterocycles. The topological polar surface area (TPSA) is 108 Å². The molecule has 0 saturated carbocycles. The molecule has 0 saturated heterocycles. The van der Waals surface area contributed by atoms with Gasteiger partial charge in [0.15, 0.2) is 5.82 Å². The first kappa shape index (κ1) is 21.6. The molecule has 13 heteroatoms. The SMILES string of the molecule is O=C(CCn1cc(Br)c([N+](=O)[O-])n1)Nc1nn(Cc2ccc(Cl)c(Cl)c2)cc1Cl. The summed E-state index contributed by atoms with van der Waals surface area (Å²) in [5, 5.41) is 22.6. The van der Waals surface area contributed by atoms with Gasteiger partial charge in [-0.3, -0.25) is 9.48 Å². The minimum Gasteiger partial charge on any atom is -0.358 e. The summed E-state index contributed by atoms with van der Waals surface area (Å²) in [6.45, 7) is 0.539. The summed E-state index contributed by atoms with van der Waals surface area (Å²) in [6.07, 6.45) is 3.04. The van der Waals surface area contributed by atoms with Crippen LogP contribution in [0.1, 0.15) is 12.0 Å². The van der Waals surface area contributed by atoms with Gasteiger partial charge in [-0.05, 0) is 38.5 Å². The van der Waals surface area contributed by atoms with Crippen molar-refractivity contribution < 1.29 is 9.72 Å². The minimum absolute atomic E-state index is 0.0290. The molecule has 0 aliphatic rings. The van der Waals surface area contributed by atoms with Crippen molar-refractivity contribution in [2.24, 2.45) is 0 Å². The van der Waals surface area contributed by atoms with Crippen LogP contribution in [0.4, 0.5) is 11.6 Å². The summed E-state index contributed by atoms with van der Waals surface area (Å²) < 4.78 is 3.12. The molecule has 152 valence electrons. The van der Waals surface area contributed by atoms with Crippen LogP contribution in [-0.4, -0.2) is 30.4 Å². The second kappa shape index (κ2) is 9.12. The molecule has 3 rings (SSSR count). The van der Waals surface area contributed by atoms with Gasteiger partial charge in [-0.1, -0.05) is 40.9 Å². The highest BCUT2D eigenvalue weighted by molar-refractivity contribution is 9.10. The number of nitrogens with one attached hydrogen (secondary N) is 1. The van der Waals surface area contributed by atoms with Crippen molar-refractivity contribution in [3.63, 3.8) is 0 Å². The van der Waals surface area contributed by atoms with Gasteiger partial charge in [0.1, 0.15) is 9.50 Å². The summed E-state index contributed by atoms with van der Waals surface area (Å²) in [5.41, 5.74) is 0.863. The first-order valence-corrected chi connectivity index (χ1v) is 9.99. The van der Waals surface area contributed by atoms with Crippen LogP contribution in [0.5, 0.6) is 0 Å². The molecule has 29 heavy (non-hydrogen) atoms. The number of aromatic nitrogens is 4. The summed E-state index contributed by atoms with van der Waals surface area (Å²) in [7, 11) is 0. The lowest BCUT2D eigenvalue weighted by Crippen LogP contribution is -2.15. The number of carbonyl (C=O) groups is 1. The van der Waals surface area contributed by atoms with E-state index in [-0.39, 0.29) is 40.0 Å². The van der Waals surface area contributed by atoms with Crippen molar-refractivity contribution in [3.05, 3.63) is 65.8 Å². The predicted octanol–water partition coefficient (Wildman–Crippen LogP) is 4.79. The molecular formula is C16H12BrCl3N6O3. The number of rotatable bonds is 7. The highest BCUT2D eigenvalue weighted by Gasteiger charge is 2.19. The van der Waals surface area contributed by atoms with E-state index in [1.165, 1.54) is 10.9 Å². The van der Waals surface area contributed by atoms with Crippen LogP contribution >= 0.6 is 50.7 Å². The first-order chi connectivity index (χ1) is 13.7. The maximum atomic E-state index is 12.2. The number of halogens is 4. The van der Waals surface area contributed by atoms with E-state index in [0.29, 0.717) is 16.6 Å². The highest BCUT2D eigenvalue weighted by Crippen LogP contribution is 2.25. The summed E-state index contributed by atoms with van der Waals surface area (Å²) in [5.74, 6) is -0.459.